The maximum atomic E-state index is 12.3. The highest BCUT2D eigenvalue weighted by molar-refractivity contribution is 5.76. The standard InChI is InChI=1S/C20H18F3NO3/c1-2-12-11-16(13-3-5-14(6-4-13)27-20(21,22)23)19-15(8-10-26-19)18(12)17(25)7-9-24/h3-6,11,17,25H,2,7-8,10H2,1H3. The van der Waals surface area contributed by atoms with Crippen molar-refractivity contribution >= 4 is 0 Å². The van der Waals surface area contributed by atoms with E-state index in [4.69, 9.17) is 10.00 Å². The summed E-state index contributed by atoms with van der Waals surface area (Å²) in [6, 6.07) is 9.46. The highest BCUT2D eigenvalue weighted by Gasteiger charge is 2.31. The summed E-state index contributed by atoms with van der Waals surface area (Å²) in [6.45, 7) is 2.40. The Morgan fingerprint density at radius 3 is 2.59 bits per heavy atom. The second-order valence-electron chi connectivity index (χ2n) is 6.21. The van der Waals surface area contributed by atoms with Crippen molar-refractivity contribution in [2.24, 2.45) is 0 Å². The van der Waals surface area contributed by atoms with Gasteiger partial charge in [0, 0.05) is 17.5 Å². The van der Waals surface area contributed by atoms with Crippen molar-refractivity contribution in [3.8, 4) is 28.7 Å². The molecule has 7 heteroatoms. The first kappa shape index (κ1) is 19.1. The highest BCUT2D eigenvalue weighted by atomic mass is 19.4. The van der Waals surface area contributed by atoms with E-state index < -0.39 is 12.5 Å². The number of aryl methyl sites for hydroxylation is 1. The number of aliphatic hydroxyl groups excluding tert-OH is 1. The Labute approximate surface area is 154 Å². The van der Waals surface area contributed by atoms with Crippen LogP contribution < -0.4 is 9.47 Å². The largest absolute Gasteiger partial charge is 0.573 e. The Hall–Kier alpha value is -2.72. The Balaban J connectivity index is 2.05. The molecule has 0 saturated heterocycles. The van der Waals surface area contributed by atoms with Gasteiger partial charge in [0.05, 0.1) is 25.2 Å². The molecular weight excluding hydrogens is 359 g/mol. The van der Waals surface area contributed by atoms with Crippen molar-refractivity contribution in [3.05, 3.63) is 47.0 Å². The number of nitrogens with zero attached hydrogens (tertiary/aromatic N) is 1. The molecule has 2 aromatic rings. The molecule has 0 spiro atoms. The van der Waals surface area contributed by atoms with Crippen molar-refractivity contribution in [2.45, 2.75) is 38.7 Å². The molecule has 0 saturated carbocycles. The molecule has 0 aromatic heterocycles. The lowest BCUT2D eigenvalue weighted by molar-refractivity contribution is -0.274. The molecule has 0 amide bonds. The van der Waals surface area contributed by atoms with Crippen LogP contribution in [0.2, 0.25) is 0 Å². The van der Waals surface area contributed by atoms with E-state index in [2.05, 4.69) is 4.74 Å². The third kappa shape index (κ3) is 4.01. The molecule has 1 aliphatic heterocycles. The number of nitriles is 1. The molecule has 1 N–H and O–H groups in total. The number of hydrogen-bond donors (Lipinski definition) is 1. The second-order valence-corrected chi connectivity index (χ2v) is 6.21. The van der Waals surface area contributed by atoms with E-state index in [1.54, 1.807) is 12.1 Å². The van der Waals surface area contributed by atoms with Gasteiger partial charge in [0.15, 0.2) is 0 Å². The number of alkyl halides is 3. The van der Waals surface area contributed by atoms with Crippen LogP contribution in [-0.4, -0.2) is 18.1 Å². The zero-order valence-electron chi connectivity index (χ0n) is 14.6. The molecule has 0 bridgehead atoms. The van der Waals surface area contributed by atoms with E-state index >= 15 is 0 Å². The van der Waals surface area contributed by atoms with Crippen molar-refractivity contribution in [2.75, 3.05) is 6.61 Å². The molecule has 0 radical (unpaired) electrons. The van der Waals surface area contributed by atoms with Gasteiger partial charge in [-0.05, 0) is 41.3 Å². The summed E-state index contributed by atoms with van der Waals surface area (Å²) in [4.78, 5) is 0. The van der Waals surface area contributed by atoms with Gasteiger partial charge in [-0.2, -0.15) is 5.26 Å². The quantitative estimate of drug-likeness (QED) is 0.821. The topological polar surface area (TPSA) is 62.5 Å². The Bertz CT molecular complexity index is 870. The molecule has 1 heterocycles. The van der Waals surface area contributed by atoms with Crippen LogP contribution in [0.15, 0.2) is 30.3 Å². The van der Waals surface area contributed by atoms with Gasteiger partial charge in [0.2, 0.25) is 0 Å². The SMILES string of the molecule is CCc1cc(-c2ccc(OC(F)(F)F)cc2)c2c(c1C(O)CC#N)CCO2. The average Bonchev–Trinajstić information content (AvgIpc) is 3.09. The molecule has 2 aromatic carbocycles. The van der Waals surface area contributed by atoms with Crippen molar-refractivity contribution < 1.29 is 27.8 Å². The van der Waals surface area contributed by atoms with Crippen LogP contribution in [0.4, 0.5) is 13.2 Å². The third-order valence-corrected chi connectivity index (χ3v) is 4.50. The third-order valence-electron chi connectivity index (χ3n) is 4.50. The summed E-state index contributed by atoms with van der Waals surface area (Å²) < 4.78 is 46.7. The van der Waals surface area contributed by atoms with Crippen LogP contribution >= 0.6 is 0 Å². The molecule has 0 aliphatic carbocycles. The predicted octanol–water partition coefficient (Wildman–Crippen LogP) is 4.70. The van der Waals surface area contributed by atoms with E-state index in [1.807, 2.05) is 19.1 Å². The van der Waals surface area contributed by atoms with E-state index in [0.29, 0.717) is 30.8 Å². The average molecular weight is 377 g/mol. The fraction of sp³-hybridized carbons (Fsp3) is 0.350. The minimum Gasteiger partial charge on any atom is -0.492 e. The zero-order valence-corrected chi connectivity index (χ0v) is 14.6. The summed E-state index contributed by atoms with van der Waals surface area (Å²) in [5, 5.41) is 19.3. The first-order chi connectivity index (χ1) is 12.8. The first-order valence-corrected chi connectivity index (χ1v) is 8.56. The Kier molecular flexibility index (Phi) is 5.29. The van der Waals surface area contributed by atoms with E-state index in [-0.39, 0.29) is 12.2 Å². The molecule has 0 fully saturated rings. The molecule has 4 nitrogen and oxygen atoms in total. The van der Waals surface area contributed by atoms with Crippen LogP contribution in [0.1, 0.15) is 36.1 Å². The molecular formula is C20H18F3NO3. The summed E-state index contributed by atoms with van der Waals surface area (Å²) in [5.41, 5.74) is 3.94. The van der Waals surface area contributed by atoms with Gasteiger partial charge in [0.1, 0.15) is 11.5 Å². The summed E-state index contributed by atoms with van der Waals surface area (Å²) >= 11 is 0. The van der Waals surface area contributed by atoms with Crippen LogP contribution in [0, 0.1) is 11.3 Å². The summed E-state index contributed by atoms with van der Waals surface area (Å²) in [7, 11) is 0. The minimum absolute atomic E-state index is 0.0116. The number of rotatable bonds is 5. The highest BCUT2D eigenvalue weighted by Crippen LogP contribution is 2.43. The Morgan fingerprint density at radius 1 is 1.30 bits per heavy atom. The predicted molar refractivity (Wildman–Crippen MR) is 92.3 cm³/mol. The molecule has 142 valence electrons. The van der Waals surface area contributed by atoms with Gasteiger partial charge in [-0.1, -0.05) is 19.1 Å². The van der Waals surface area contributed by atoms with Crippen molar-refractivity contribution in [1.29, 1.82) is 5.26 Å². The van der Waals surface area contributed by atoms with E-state index in [9.17, 15) is 18.3 Å². The van der Waals surface area contributed by atoms with Crippen LogP contribution in [0.3, 0.4) is 0 Å². The smallest absolute Gasteiger partial charge is 0.492 e. The maximum Gasteiger partial charge on any atom is 0.573 e. The summed E-state index contributed by atoms with van der Waals surface area (Å²) in [6.07, 6.45) is -4.38. The van der Waals surface area contributed by atoms with Crippen LogP contribution in [0.5, 0.6) is 11.5 Å². The minimum atomic E-state index is -4.74. The van der Waals surface area contributed by atoms with E-state index in [0.717, 1.165) is 22.3 Å². The van der Waals surface area contributed by atoms with Gasteiger partial charge in [-0.25, -0.2) is 0 Å². The number of fused-ring (bicyclic) bond motifs is 1. The lowest BCUT2D eigenvalue weighted by Crippen LogP contribution is -2.16. The molecule has 3 rings (SSSR count). The summed E-state index contributed by atoms with van der Waals surface area (Å²) in [5.74, 6) is 0.323. The fourth-order valence-corrected chi connectivity index (χ4v) is 3.41. The molecule has 1 aliphatic rings. The molecule has 27 heavy (non-hydrogen) atoms. The van der Waals surface area contributed by atoms with Gasteiger partial charge < -0.3 is 14.6 Å². The lowest BCUT2D eigenvalue weighted by atomic mass is 9.88. The van der Waals surface area contributed by atoms with Crippen molar-refractivity contribution in [1.82, 2.24) is 0 Å². The number of halogens is 3. The number of aliphatic hydroxyl groups is 1. The second kappa shape index (κ2) is 7.49. The lowest BCUT2D eigenvalue weighted by Gasteiger charge is -2.19. The van der Waals surface area contributed by atoms with Crippen LogP contribution in [0.25, 0.3) is 11.1 Å². The van der Waals surface area contributed by atoms with Crippen LogP contribution in [-0.2, 0) is 12.8 Å². The zero-order chi connectivity index (χ0) is 19.6. The van der Waals surface area contributed by atoms with E-state index in [1.165, 1.54) is 12.1 Å². The van der Waals surface area contributed by atoms with Crippen molar-refractivity contribution in [3.63, 3.8) is 0 Å². The first-order valence-electron chi connectivity index (χ1n) is 8.56. The van der Waals surface area contributed by atoms with Gasteiger partial charge in [-0.15, -0.1) is 13.2 Å². The molecule has 1 unspecified atom stereocenters. The fourth-order valence-electron chi connectivity index (χ4n) is 3.41. The Morgan fingerprint density at radius 2 is 2.00 bits per heavy atom. The molecule has 1 atom stereocenters. The maximum absolute atomic E-state index is 12.3. The van der Waals surface area contributed by atoms with Gasteiger partial charge in [-0.3, -0.25) is 0 Å². The van der Waals surface area contributed by atoms with Gasteiger partial charge in [0.25, 0.3) is 0 Å². The number of ether oxygens (including phenoxy) is 2. The van der Waals surface area contributed by atoms with Gasteiger partial charge >= 0.3 is 6.36 Å². The normalized spacial score (nSPS) is 14.2. The monoisotopic (exact) mass is 377 g/mol. The number of hydrogen-bond acceptors (Lipinski definition) is 4. The number of benzene rings is 2.